The second kappa shape index (κ2) is 4.79. The van der Waals surface area contributed by atoms with Crippen LogP contribution in [-0.4, -0.2) is 25.7 Å². The van der Waals surface area contributed by atoms with Crippen molar-refractivity contribution >= 4 is 11.7 Å². The van der Waals surface area contributed by atoms with Crippen LogP contribution in [0, 0.1) is 0 Å². The Labute approximate surface area is 126 Å². The third-order valence-corrected chi connectivity index (χ3v) is 4.26. The van der Waals surface area contributed by atoms with Gasteiger partial charge in [-0.15, -0.1) is 0 Å². The van der Waals surface area contributed by atoms with Crippen molar-refractivity contribution in [3.63, 3.8) is 0 Å². The summed E-state index contributed by atoms with van der Waals surface area (Å²) in [5.41, 5.74) is 2.04. The van der Waals surface area contributed by atoms with E-state index in [-0.39, 0.29) is 17.2 Å². The Hall–Kier alpha value is -2.44. The molecular formula is C15H17N5O2. The molecule has 2 aliphatic rings. The molecule has 2 N–H and O–H groups in total. The predicted molar refractivity (Wildman–Crippen MR) is 80.0 cm³/mol. The van der Waals surface area contributed by atoms with Gasteiger partial charge in [0, 0.05) is 24.6 Å². The molecule has 4 rings (SSSR count). The third kappa shape index (κ3) is 2.22. The summed E-state index contributed by atoms with van der Waals surface area (Å²) < 4.78 is 1.69. The topological polar surface area (TPSA) is 92.7 Å². The van der Waals surface area contributed by atoms with E-state index >= 15 is 0 Å². The van der Waals surface area contributed by atoms with E-state index in [2.05, 4.69) is 20.4 Å². The van der Waals surface area contributed by atoms with Crippen molar-refractivity contribution in [1.29, 1.82) is 0 Å². The largest absolute Gasteiger partial charge is 0.310 e. The van der Waals surface area contributed by atoms with E-state index in [1.165, 1.54) is 6.07 Å². The van der Waals surface area contributed by atoms with Crippen molar-refractivity contribution in [1.82, 2.24) is 19.7 Å². The quantitative estimate of drug-likeness (QED) is 0.888. The average molecular weight is 299 g/mol. The Kier molecular flexibility index (Phi) is 2.88. The maximum atomic E-state index is 12.4. The normalized spacial score (nSPS) is 16.6. The van der Waals surface area contributed by atoms with Gasteiger partial charge in [-0.3, -0.25) is 14.3 Å². The van der Waals surface area contributed by atoms with E-state index in [4.69, 9.17) is 0 Å². The molecule has 0 atom stereocenters. The van der Waals surface area contributed by atoms with Gasteiger partial charge in [-0.2, -0.15) is 5.10 Å². The van der Waals surface area contributed by atoms with Crippen LogP contribution in [0.15, 0.2) is 10.9 Å². The number of H-pyrrole nitrogens is 1. The number of hydrogen-bond donors (Lipinski definition) is 2. The maximum absolute atomic E-state index is 12.4. The number of fused-ring (bicyclic) bond motifs is 1. The molecule has 22 heavy (non-hydrogen) atoms. The first-order valence-corrected chi connectivity index (χ1v) is 7.59. The SMILES string of the molecule is Cn1nc2c(c1NC(=O)c1cc(=O)[nH]c(C3CC3)n1)CCC2. The standard InChI is InChI=1S/C15H17N5O2/c1-20-14(9-3-2-4-10(9)19-20)18-15(22)11-7-12(21)17-13(16-11)8-5-6-8/h7-8H,2-6H2,1H3,(H,18,22)(H,16,17,21). The zero-order valence-corrected chi connectivity index (χ0v) is 12.3. The van der Waals surface area contributed by atoms with E-state index in [0.717, 1.165) is 43.4 Å². The van der Waals surface area contributed by atoms with Gasteiger partial charge in [0.25, 0.3) is 11.5 Å². The highest BCUT2D eigenvalue weighted by Crippen LogP contribution is 2.37. The van der Waals surface area contributed by atoms with E-state index in [9.17, 15) is 9.59 Å². The number of nitrogens with one attached hydrogen (secondary N) is 2. The van der Waals surface area contributed by atoms with Crippen molar-refractivity contribution in [3.8, 4) is 0 Å². The van der Waals surface area contributed by atoms with Gasteiger partial charge in [0.2, 0.25) is 0 Å². The minimum absolute atomic E-state index is 0.165. The van der Waals surface area contributed by atoms with Crippen LogP contribution >= 0.6 is 0 Å². The summed E-state index contributed by atoms with van der Waals surface area (Å²) in [6.07, 6.45) is 4.98. The van der Waals surface area contributed by atoms with Gasteiger partial charge in [-0.05, 0) is 32.1 Å². The number of nitrogens with zero attached hydrogens (tertiary/aromatic N) is 3. The van der Waals surface area contributed by atoms with Crippen LogP contribution in [0.4, 0.5) is 5.82 Å². The first kappa shape index (κ1) is 13.2. The molecule has 0 bridgehead atoms. The number of hydrogen-bond acceptors (Lipinski definition) is 4. The average Bonchev–Trinajstić information content (AvgIpc) is 3.18. The highest BCUT2D eigenvalue weighted by Gasteiger charge is 2.28. The Bertz CT molecular complexity index is 816. The summed E-state index contributed by atoms with van der Waals surface area (Å²) in [5.74, 6) is 1.27. The number of carbonyl (C=O) groups is 1. The van der Waals surface area contributed by atoms with E-state index in [0.29, 0.717) is 17.6 Å². The van der Waals surface area contributed by atoms with Gasteiger partial charge in [-0.1, -0.05) is 0 Å². The molecule has 2 aliphatic carbocycles. The number of anilines is 1. The molecule has 1 fully saturated rings. The van der Waals surface area contributed by atoms with Crippen molar-refractivity contribution in [2.45, 2.75) is 38.0 Å². The van der Waals surface area contributed by atoms with Crippen molar-refractivity contribution < 1.29 is 4.79 Å². The fraction of sp³-hybridized carbons (Fsp3) is 0.467. The summed E-state index contributed by atoms with van der Waals surface area (Å²) in [7, 11) is 1.81. The van der Waals surface area contributed by atoms with Gasteiger partial charge in [0.05, 0.1) is 5.69 Å². The van der Waals surface area contributed by atoms with Crippen LogP contribution in [0.25, 0.3) is 0 Å². The predicted octanol–water partition coefficient (Wildman–Crippen LogP) is 1.12. The Morgan fingerprint density at radius 1 is 1.41 bits per heavy atom. The molecule has 0 aromatic carbocycles. The van der Waals surface area contributed by atoms with Crippen LogP contribution in [0.2, 0.25) is 0 Å². The van der Waals surface area contributed by atoms with Crippen LogP contribution in [-0.2, 0) is 19.9 Å². The fourth-order valence-corrected chi connectivity index (χ4v) is 2.99. The second-order valence-electron chi connectivity index (χ2n) is 6.00. The number of aromatic nitrogens is 4. The molecule has 0 aliphatic heterocycles. The molecule has 2 aromatic heterocycles. The van der Waals surface area contributed by atoms with Crippen molar-refractivity contribution in [2.24, 2.45) is 7.05 Å². The summed E-state index contributed by atoms with van der Waals surface area (Å²) in [5, 5.41) is 7.29. The van der Waals surface area contributed by atoms with Crippen molar-refractivity contribution in [3.05, 3.63) is 39.2 Å². The van der Waals surface area contributed by atoms with Gasteiger partial charge in [0.1, 0.15) is 17.3 Å². The number of amides is 1. The summed E-state index contributed by atoms with van der Waals surface area (Å²) in [6.45, 7) is 0. The molecule has 0 saturated heterocycles. The minimum atomic E-state index is -0.356. The molecule has 0 unspecified atom stereocenters. The third-order valence-electron chi connectivity index (χ3n) is 4.26. The maximum Gasteiger partial charge on any atom is 0.275 e. The summed E-state index contributed by atoms with van der Waals surface area (Å²) >= 11 is 0. The zero-order chi connectivity index (χ0) is 15.3. The summed E-state index contributed by atoms with van der Waals surface area (Å²) in [6, 6.07) is 1.25. The van der Waals surface area contributed by atoms with Gasteiger partial charge in [-0.25, -0.2) is 4.98 Å². The van der Waals surface area contributed by atoms with Crippen LogP contribution in [0.5, 0.6) is 0 Å². The number of rotatable bonds is 3. The monoisotopic (exact) mass is 299 g/mol. The minimum Gasteiger partial charge on any atom is -0.310 e. The number of aryl methyl sites for hydroxylation is 2. The molecule has 2 heterocycles. The Morgan fingerprint density at radius 2 is 2.23 bits per heavy atom. The van der Waals surface area contributed by atoms with Crippen LogP contribution < -0.4 is 10.9 Å². The summed E-state index contributed by atoms with van der Waals surface area (Å²) in [4.78, 5) is 31.2. The van der Waals surface area contributed by atoms with Crippen LogP contribution in [0.3, 0.4) is 0 Å². The molecule has 7 heteroatoms. The molecular weight excluding hydrogens is 282 g/mol. The number of aromatic amines is 1. The van der Waals surface area contributed by atoms with E-state index < -0.39 is 0 Å². The first-order chi connectivity index (χ1) is 10.6. The van der Waals surface area contributed by atoms with Crippen LogP contribution in [0.1, 0.15) is 52.8 Å². The molecule has 114 valence electrons. The van der Waals surface area contributed by atoms with E-state index in [1.54, 1.807) is 4.68 Å². The lowest BCUT2D eigenvalue weighted by Gasteiger charge is -2.08. The van der Waals surface area contributed by atoms with Gasteiger partial charge in [0.15, 0.2) is 0 Å². The molecule has 7 nitrogen and oxygen atoms in total. The highest BCUT2D eigenvalue weighted by molar-refractivity contribution is 6.02. The molecule has 0 spiro atoms. The number of carbonyl (C=O) groups excluding carboxylic acids is 1. The highest BCUT2D eigenvalue weighted by atomic mass is 16.2. The van der Waals surface area contributed by atoms with Gasteiger partial charge < -0.3 is 10.3 Å². The molecule has 0 radical (unpaired) electrons. The molecule has 1 amide bonds. The molecule has 1 saturated carbocycles. The lowest BCUT2D eigenvalue weighted by molar-refractivity contribution is 0.102. The Morgan fingerprint density at radius 3 is 3.00 bits per heavy atom. The second-order valence-corrected chi connectivity index (χ2v) is 6.00. The van der Waals surface area contributed by atoms with Gasteiger partial charge >= 0.3 is 0 Å². The zero-order valence-electron chi connectivity index (χ0n) is 12.3. The smallest absolute Gasteiger partial charge is 0.275 e. The lowest BCUT2D eigenvalue weighted by Crippen LogP contribution is -2.21. The molecule has 2 aromatic rings. The van der Waals surface area contributed by atoms with E-state index in [1.807, 2.05) is 7.05 Å². The fourth-order valence-electron chi connectivity index (χ4n) is 2.99. The first-order valence-electron chi connectivity index (χ1n) is 7.59. The van der Waals surface area contributed by atoms with Crippen molar-refractivity contribution in [2.75, 3.05) is 5.32 Å². The Balaban J connectivity index is 1.64. The lowest BCUT2D eigenvalue weighted by atomic mass is 10.2.